The highest BCUT2D eigenvalue weighted by Crippen LogP contribution is 2.16. The molecule has 276 valence electrons. The summed E-state index contributed by atoms with van der Waals surface area (Å²) in [6.07, 6.45) is 52.9. The highest BCUT2D eigenvalue weighted by molar-refractivity contribution is 4.72. The molecular formula is C44H90N2. The Hall–Kier alpha value is -0.0800. The zero-order valence-corrected chi connectivity index (χ0v) is 32.6. The molecule has 0 saturated carbocycles. The number of piperazine rings is 1. The van der Waals surface area contributed by atoms with Crippen LogP contribution in [0.2, 0.25) is 0 Å². The smallest absolute Gasteiger partial charge is 0.0110 e. The van der Waals surface area contributed by atoms with E-state index in [-0.39, 0.29) is 0 Å². The van der Waals surface area contributed by atoms with Gasteiger partial charge in [0.2, 0.25) is 0 Å². The van der Waals surface area contributed by atoms with E-state index in [4.69, 9.17) is 0 Å². The molecule has 0 aromatic heterocycles. The van der Waals surface area contributed by atoms with Gasteiger partial charge in [0.1, 0.15) is 0 Å². The molecule has 1 heterocycles. The average Bonchev–Trinajstić information content (AvgIpc) is 3.07. The zero-order chi connectivity index (χ0) is 32.9. The van der Waals surface area contributed by atoms with Gasteiger partial charge in [0.05, 0.1) is 0 Å². The van der Waals surface area contributed by atoms with Crippen LogP contribution in [-0.4, -0.2) is 49.1 Å². The van der Waals surface area contributed by atoms with Gasteiger partial charge in [-0.2, -0.15) is 0 Å². The number of hydrogen-bond acceptors (Lipinski definition) is 2. The highest BCUT2D eigenvalue weighted by atomic mass is 15.3. The lowest BCUT2D eigenvalue weighted by Gasteiger charge is -2.34. The van der Waals surface area contributed by atoms with Crippen molar-refractivity contribution in [2.75, 3.05) is 39.3 Å². The average molecular weight is 647 g/mol. The van der Waals surface area contributed by atoms with Gasteiger partial charge in [0.15, 0.2) is 0 Å². The van der Waals surface area contributed by atoms with Gasteiger partial charge in [0, 0.05) is 26.2 Å². The predicted molar refractivity (Wildman–Crippen MR) is 210 cm³/mol. The molecular weight excluding hydrogens is 556 g/mol. The minimum absolute atomic E-state index is 1.32. The van der Waals surface area contributed by atoms with Gasteiger partial charge in [-0.3, -0.25) is 0 Å². The first-order chi connectivity index (χ1) is 22.9. The van der Waals surface area contributed by atoms with Crippen molar-refractivity contribution >= 4 is 0 Å². The maximum atomic E-state index is 2.75. The number of unbranched alkanes of at least 4 members (excludes halogenated alkanes) is 34. The third kappa shape index (κ3) is 32.5. The molecule has 0 N–H and O–H groups in total. The molecule has 2 heteroatoms. The summed E-state index contributed by atoms with van der Waals surface area (Å²) in [6.45, 7) is 12.6. The minimum atomic E-state index is 1.32. The fourth-order valence-electron chi connectivity index (χ4n) is 7.71. The van der Waals surface area contributed by atoms with E-state index in [1.165, 1.54) is 270 Å². The van der Waals surface area contributed by atoms with Gasteiger partial charge >= 0.3 is 0 Å². The van der Waals surface area contributed by atoms with Crippen molar-refractivity contribution in [3.05, 3.63) is 0 Å². The Kier molecular flexibility index (Phi) is 36.0. The summed E-state index contributed by atoms with van der Waals surface area (Å²) in [5.41, 5.74) is 0. The summed E-state index contributed by atoms with van der Waals surface area (Å²) < 4.78 is 0. The molecule has 0 amide bonds. The second-order valence-electron chi connectivity index (χ2n) is 15.7. The van der Waals surface area contributed by atoms with E-state index in [1.807, 2.05) is 0 Å². The van der Waals surface area contributed by atoms with Crippen molar-refractivity contribution in [1.82, 2.24) is 9.80 Å². The fraction of sp³-hybridized carbons (Fsp3) is 1.00. The zero-order valence-electron chi connectivity index (χ0n) is 32.6. The second kappa shape index (κ2) is 37.7. The van der Waals surface area contributed by atoms with Crippen LogP contribution in [0.25, 0.3) is 0 Å². The topological polar surface area (TPSA) is 6.48 Å². The number of nitrogens with zero attached hydrogens (tertiary/aromatic N) is 2. The fourth-order valence-corrected chi connectivity index (χ4v) is 7.71. The van der Waals surface area contributed by atoms with Crippen molar-refractivity contribution in [3.63, 3.8) is 0 Å². The lowest BCUT2D eigenvalue weighted by Crippen LogP contribution is -2.46. The summed E-state index contributed by atoms with van der Waals surface area (Å²) in [4.78, 5) is 5.50. The third-order valence-corrected chi connectivity index (χ3v) is 11.1. The quantitative estimate of drug-likeness (QED) is 0.0616. The summed E-state index contributed by atoms with van der Waals surface area (Å²) in [5.74, 6) is 0. The summed E-state index contributed by atoms with van der Waals surface area (Å²) in [6, 6.07) is 0. The summed E-state index contributed by atoms with van der Waals surface area (Å²) >= 11 is 0. The lowest BCUT2D eigenvalue weighted by molar-refractivity contribution is 0.129. The van der Waals surface area contributed by atoms with Crippen LogP contribution in [-0.2, 0) is 0 Å². The molecule has 0 spiro atoms. The maximum Gasteiger partial charge on any atom is 0.0110 e. The molecule has 1 aliphatic rings. The van der Waals surface area contributed by atoms with E-state index >= 15 is 0 Å². The van der Waals surface area contributed by atoms with Crippen LogP contribution in [0, 0.1) is 0 Å². The molecule has 0 aromatic carbocycles. The molecule has 0 aromatic rings. The van der Waals surface area contributed by atoms with Crippen molar-refractivity contribution in [1.29, 1.82) is 0 Å². The van der Waals surface area contributed by atoms with Crippen molar-refractivity contribution < 1.29 is 0 Å². The van der Waals surface area contributed by atoms with E-state index < -0.39 is 0 Å². The monoisotopic (exact) mass is 647 g/mol. The standard InChI is InChI=1S/C44H90N2/c1-3-5-7-9-11-13-15-17-19-21-23-25-27-29-31-33-35-37-39-45-41-43-46(44-42-45)40-38-36-34-32-30-28-26-24-22-20-18-16-14-12-10-8-6-4-2/h3-44H2,1-2H3. The van der Waals surface area contributed by atoms with Crippen molar-refractivity contribution in [3.8, 4) is 0 Å². The molecule has 46 heavy (non-hydrogen) atoms. The molecule has 0 radical (unpaired) electrons. The van der Waals surface area contributed by atoms with Crippen LogP contribution < -0.4 is 0 Å². The molecule has 0 aliphatic carbocycles. The Morgan fingerprint density at radius 3 is 0.543 bits per heavy atom. The molecule has 2 nitrogen and oxygen atoms in total. The van der Waals surface area contributed by atoms with E-state index in [1.54, 1.807) is 0 Å². The SMILES string of the molecule is CCCCCCCCCCCCCCCCCCCCN1CCN(CCCCCCCCCCCCCCCCCCCC)CC1. The first kappa shape index (κ1) is 43.9. The Balaban J connectivity index is 1.71. The molecule has 1 saturated heterocycles. The van der Waals surface area contributed by atoms with Crippen LogP contribution in [0.5, 0.6) is 0 Å². The van der Waals surface area contributed by atoms with Crippen LogP contribution >= 0.6 is 0 Å². The first-order valence-corrected chi connectivity index (χ1v) is 22.3. The van der Waals surface area contributed by atoms with E-state index in [9.17, 15) is 0 Å². The molecule has 0 unspecified atom stereocenters. The van der Waals surface area contributed by atoms with Crippen LogP contribution in [0.4, 0.5) is 0 Å². The van der Waals surface area contributed by atoms with E-state index in [0.29, 0.717) is 0 Å². The van der Waals surface area contributed by atoms with Gasteiger partial charge in [-0.05, 0) is 25.9 Å². The highest BCUT2D eigenvalue weighted by Gasteiger charge is 2.15. The number of hydrogen-bond donors (Lipinski definition) is 0. The van der Waals surface area contributed by atoms with Crippen molar-refractivity contribution in [2.24, 2.45) is 0 Å². The summed E-state index contributed by atoms with van der Waals surface area (Å²) in [5, 5.41) is 0. The van der Waals surface area contributed by atoms with Gasteiger partial charge in [0.25, 0.3) is 0 Å². The molecule has 1 aliphatic heterocycles. The van der Waals surface area contributed by atoms with Crippen LogP contribution in [0.1, 0.15) is 245 Å². The first-order valence-electron chi connectivity index (χ1n) is 22.3. The molecule has 1 fully saturated rings. The Bertz CT molecular complexity index is 492. The van der Waals surface area contributed by atoms with Gasteiger partial charge < -0.3 is 9.80 Å². The van der Waals surface area contributed by atoms with Crippen molar-refractivity contribution in [2.45, 2.75) is 245 Å². The third-order valence-electron chi connectivity index (χ3n) is 11.1. The normalized spacial score (nSPS) is 14.5. The summed E-state index contributed by atoms with van der Waals surface area (Å²) in [7, 11) is 0. The van der Waals surface area contributed by atoms with E-state index in [2.05, 4.69) is 23.6 Å². The molecule has 0 bridgehead atoms. The second-order valence-corrected chi connectivity index (χ2v) is 15.7. The van der Waals surface area contributed by atoms with Gasteiger partial charge in [-0.15, -0.1) is 0 Å². The van der Waals surface area contributed by atoms with E-state index in [0.717, 1.165) is 0 Å². The Labute approximate surface area is 293 Å². The maximum absolute atomic E-state index is 2.75. The largest absolute Gasteiger partial charge is 0.301 e. The van der Waals surface area contributed by atoms with Crippen LogP contribution in [0.15, 0.2) is 0 Å². The molecule has 0 atom stereocenters. The lowest BCUT2D eigenvalue weighted by atomic mass is 10.0. The minimum Gasteiger partial charge on any atom is -0.301 e. The molecule has 1 rings (SSSR count). The predicted octanol–water partition coefficient (Wildman–Crippen LogP) is 14.7. The Morgan fingerprint density at radius 1 is 0.217 bits per heavy atom. The number of rotatable bonds is 38. The van der Waals surface area contributed by atoms with Gasteiger partial charge in [-0.25, -0.2) is 0 Å². The van der Waals surface area contributed by atoms with Crippen LogP contribution in [0.3, 0.4) is 0 Å². The Morgan fingerprint density at radius 2 is 0.370 bits per heavy atom. The van der Waals surface area contributed by atoms with Gasteiger partial charge in [-0.1, -0.05) is 232 Å².